The molecule has 1 fully saturated rings. The van der Waals surface area contributed by atoms with Crippen molar-refractivity contribution in [3.8, 4) is 0 Å². The van der Waals surface area contributed by atoms with E-state index < -0.39 is 0 Å². The van der Waals surface area contributed by atoms with Crippen molar-refractivity contribution >= 4 is 5.91 Å². The Hall–Kier alpha value is -0.570. The molecule has 1 unspecified atom stereocenters. The second kappa shape index (κ2) is 4.52. The van der Waals surface area contributed by atoms with E-state index in [1.165, 1.54) is 0 Å². The molecule has 0 radical (unpaired) electrons. The van der Waals surface area contributed by atoms with Crippen LogP contribution in [0.3, 0.4) is 0 Å². The standard InChI is InChI=1S/C12H24N2O/c1-9(2)12(6-7-13-8-12)11(15)14(5)10(3)4/h9-10,13H,6-8H2,1-5H3. The molecule has 3 heteroatoms. The maximum absolute atomic E-state index is 12.4. The number of carbonyl (C=O) groups excluding carboxylic acids is 1. The molecule has 3 nitrogen and oxygen atoms in total. The van der Waals surface area contributed by atoms with Gasteiger partial charge in [-0.15, -0.1) is 0 Å². The van der Waals surface area contributed by atoms with Crippen LogP contribution in [0.1, 0.15) is 34.1 Å². The van der Waals surface area contributed by atoms with Crippen LogP contribution in [0.25, 0.3) is 0 Å². The predicted octanol–water partition coefficient (Wildman–Crippen LogP) is 1.49. The number of nitrogens with zero attached hydrogens (tertiary/aromatic N) is 1. The van der Waals surface area contributed by atoms with Crippen LogP contribution in [0.15, 0.2) is 0 Å². The first-order valence-electron chi connectivity index (χ1n) is 5.90. The SMILES string of the molecule is CC(C)N(C)C(=O)C1(C(C)C)CCNC1. The molecule has 88 valence electrons. The maximum Gasteiger partial charge on any atom is 0.230 e. The van der Waals surface area contributed by atoms with Gasteiger partial charge in [-0.3, -0.25) is 4.79 Å². The van der Waals surface area contributed by atoms with E-state index >= 15 is 0 Å². The molecule has 1 saturated heterocycles. The highest BCUT2D eigenvalue weighted by molar-refractivity contribution is 5.83. The Kier molecular flexibility index (Phi) is 3.77. The van der Waals surface area contributed by atoms with Crippen LogP contribution in [-0.4, -0.2) is 37.0 Å². The number of hydrogen-bond acceptors (Lipinski definition) is 2. The number of rotatable bonds is 3. The van der Waals surface area contributed by atoms with Gasteiger partial charge in [0.1, 0.15) is 0 Å². The molecule has 1 aliphatic rings. The van der Waals surface area contributed by atoms with Crippen molar-refractivity contribution < 1.29 is 4.79 Å². The van der Waals surface area contributed by atoms with Gasteiger partial charge in [0.15, 0.2) is 0 Å². The van der Waals surface area contributed by atoms with Crippen LogP contribution in [0.4, 0.5) is 0 Å². The van der Waals surface area contributed by atoms with Crippen molar-refractivity contribution in [3.05, 3.63) is 0 Å². The fourth-order valence-corrected chi connectivity index (χ4v) is 2.22. The van der Waals surface area contributed by atoms with Crippen LogP contribution >= 0.6 is 0 Å². The highest BCUT2D eigenvalue weighted by Gasteiger charge is 2.45. The van der Waals surface area contributed by atoms with E-state index in [2.05, 4.69) is 33.0 Å². The predicted molar refractivity (Wildman–Crippen MR) is 62.7 cm³/mol. The Morgan fingerprint density at radius 2 is 1.93 bits per heavy atom. The normalized spacial score (nSPS) is 26.3. The van der Waals surface area contributed by atoms with Gasteiger partial charge in [0.25, 0.3) is 0 Å². The highest BCUT2D eigenvalue weighted by Crippen LogP contribution is 2.36. The summed E-state index contributed by atoms with van der Waals surface area (Å²) in [6.45, 7) is 10.2. The van der Waals surface area contributed by atoms with Crippen LogP contribution in [0, 0.1) is 11.3 Å². The first-order chi connectivity index (χ1) is 6.92. The van der Waals surface area contributed by atoms with Gasteiger partial charge in [-0.1, -0.05) is 13.8 Å². The summed E-state index contributed by atoms with van der Waals surface area (Å²) >= 11 is 0. The molecule has 1 atom stereocenters. The lowest BCUT2D eigenvalue weighted by atomic mass is 9.75. The molecule has 0 aromatic rings. The maximum atomic E-state index is 12.4. The molecule has 0 aliphatic carbocycles. The van der Waals surface area contributed by atoms with Crippen molar-refractivity contribution in [2.45, 2.75) is 40.2 Å². The summed E-state index contributed by atoms with van der Waals surface area (Å²) in [6.07, 6.45) is 0.973. The minimum atomic E-state index is -0.168. The van der Waals surface area contributed by atoms with Gasteiger partial charge in [0, 0.05) is 19.6 Å². The van der Waals surface area contributed by atoms with Gasteiger partial charge in [-0.25, -0.2) is 0 Å². The minimum Gasteiger partial charge on any atom is -0.343 e. The summed E-state index contributed by atoms with van der Waals surface area (Å²) in [5.41, 5.74) is -0.168. The van der Waals surface area contributed by atoms with Crippen LogP contribution < -0.4 is 5.32 Å². The summed E-state index contributed by atoms with van der Waals surface area (Å²) in [4.78, 5) is 14.3. The molecule has 1 rings (SSSR count). The van der Waals surface area contributed by atoms with Gasteiger partial charge in [0.2, 0.25) is 5.91 Å². The van der Waals surface area contributed by atoms with Gasteiger partial charge in [-0.05, 0) is 32.7 Å². The first kappa shape index (κ1) is 12.5. The molecule has 1 N–H and O–H groups in total. The van der Waals surface area contributed by atoms with E-state index in [0.29, 0.717) is 11.8 Å². The Morgan fingerprint density at radius 3 is 2.27 bits per heavy atom. The number of amides is 1. The molecule has 1 aliphatic heterocycles. The molecule has 0 aromatic heterocycles. The topological polar surface area (TPSA) is 32.3 Å². The number of carbonyl (C=O) groups is 1. The molecule has 15 heavy (non-hydrogen) atoms. The van der Waals surface area contributed by atoms with Gasteiger partial charge >= 0.3 is 0 Å². The molecule has 0 bridgehead atoms. The van der Waals surface area contributed by atoms with Crippen molar-refractivity contribution in [3.63, 3.8) is 0 Å². The van der Waals surface area contributed by atoms with Crippen molar-refractivity contribution in [1.29, 1.82) is 0 Å². The lowest BCUT2D eigenvalue weighted by Gasteiger charge is -2.36. The van der Waals surface area contributed by atoms with E-state index in [4.69, 9.17) is 0 Å². The third kappa shape index (κ3) is 2.17. The second-order valence-electron chi connectivity index (χ2n) is 5.25. The largest absolute Gasteiger partial charge is 0.343 e. The van der Waals surface area contributed by atoms with E-state index in [1.807, 2.05) is 11.9 Å². The zero-order valence-corrected chi connectivity index (χ0v) is 10.6. The van der Waals surface area contributed by atoms with Crippen molar-refractivity contribution in [2.24, 2.45) is 11.3 Å². The lowest BCUT2D eigenvalue weighted by molar-refractivity contribution is -0.143. The van der Waals surface area contributed by atoms with E-state index in [0.717, 1.165) is 19.5 Å². The minimum absolute atomic E-state index is 0.168. The molecular weight excluding hydrogens is 188 g/mol. The lowest BCUT2D eigenvalue weighted by Crippen LogP contribution is -2.48. The molecule has 1 amide bonds. The average molecular weight is 212 g/mol. The Morgan fingerprint density at radius 1 is 1.33 bits per heavy atom. The van der Waals surface area contributed by atoms with Crippen LogP contribution in [-0.2, 0) is 4.79 Å². The fourth-order valence-electron chi connectivity index (χ4n) is 2.22. The summed E-state index contributed by atoms with van der Waals surface area (Å²) in [7, 11) is 1.91. The van der Waals surface area contributed by atoms with Gasteiger partial charge < -0.3 is 10.2 Å². The summed E-state index contributed by atoms with van der Waals surface area (Å²) in [5.74, 6) is 0.707. The van der Waals surface area contributed by atoms with Crippen LogP contribution in [0.5, 0.6) is 0 Å². The molecule has 1 heterocycles. The number of hydrogen-bond donors (Lipinski definition) is 1. The second-order valence-corrected chi connectivity index (χ2v) is 5.25. The Labute approximate surface area is 93.2 Å². The summed E-state index contributed by atoms with van der Waals surface area (Å²) in [6, 6.07) is 0.286. The van der Waals surface area contributed by atoms with Gasteiger partial charge in [0.05, 0.1) is 5.41 Å². The smallest absolute Gasteiger partial charge is 0.230 e. The highest BCUT2D eigenvalue weighted by atomic mass is 16.2. The monoisotopic (exact) mass is 212 g/mol. The summed E-state index contributed by atoms with van der Waals surface area (Å²) in [5, 5.41) is 3.32. The average Bonchev–Trinajstić information content (AvgIpc) is 2.65. The van der Waals surface area contributed by atoms with Gasteiger partial charge in [-0.2, -0.15) is 0 Å². The zero-order valence-electron chi connectivity index (χ0n) is 10.6. The summed E-state index contributed by atoms with van der Waals surface area (Å²) < 4.78 is 0. The molecular formula is C12H24N2O. The fraction of sp³-hybridized carbons (Fsp3) is 0.917. The molecule has 0 aromatic carbocycles. The van der Waals surface area contributed by atoms with E-state index in [1.54, 1.807) is 0 Å². The van der Waals surface area contributed by atoms with Crippen LogP contribution in [0.2, 0.25) is 0 Å². The Balaban J connectivity index is 2.86. The van der Waals surface area contributed by atoms with E-state index in [9.17, 15) is 4.79 Å². The number of nitrogens with one attached hydrogen (secondary N) is 1. The Bertz CT molecular complexity index is 230. The van der Waals surface area contributed by atoms with Crippen molar-refractivity contribution in [1.82, 2.24) is 10.2 Å². The van der Waals surface area contributed by atoms with Crippen molar-refractivity contribution in [2.75, 3.05) is 20.1 Å². The zero-order chi connectivity index (χ0) is 11.6. The third-order valence-electron chi connectivity index (χ3n) is 3.81. The first-order valence-corrected chi connectivity index (χ1v) is 5.90. The molecule has 0 saturated carbocycles. The molecule has 0 spiro atoms. The quantitative estimate of drug-likeness (QED) is 0.768. The third-order valence-corrected chi connectivity index (χ3v) is 3.81. The van der Waals surface area contributed by atoms with E-state index in [-0.39, 0.29) is 11.5 Å².